The van der Waals surface area contributed by atoms with Crippen LogP contribution in [-0.2, 0) is 0 Å². The highest BCUT2D eigenvalue weighted by atomic mass is 127. The van der Waals surface area contributed by atoms with Crippen LogP contribution in [0.25, 0.3) is 10.2 Å². The average Bonchev–Trinajstić information content (AvgIpc) is 2.74. The molecule has 1 aromatic heterocycles. The minimum absolute atomic E-state index is 1.09. The summed E-state index contributed by atoms with van der Waals surface area (Å²) in [5, 5.41) is 0. The van der Waals surface area contributed by atoms with Crippen molar-refractivity contribution >= 4 is 55.9 Å². The predicted molar refractivity (Wildman–Crippen MR) is 82.9 cm³/mol. The number of benzene rings is 2. The number of nitrogens with zero attached hydrogens (tertiary/aromatic N) is 1. The van der Waals surface area contributed by atoms with Gasteiger partial charge in [0.15, 0.2) is 4.34 Å². The summed E-state index contributed by atoms with van der Waals surface area (Å²) in [6.45, 7) is 0. The van der Waals surface area contributed by atoms with E-state index >= 15 is 0 Å². The van der Waals surface area contributed by atoms with Crippen molar-refractivity contribution in [2.45, 2.75) is 9.24 Å². The molecule has 0 radical (unpaired) electrons. The first-order valence-electron chi connectivity index (χ1n) is 5.11. The minimum Gasteiger partial charge on any atom is -0.229 e. The Morgan fingerprint density at radius 2 is 1.76 bits per heavy atom. The van der Waals surface area contributed by atoms with Crippen molar-refractivity contribution in [1.29, 1.82) is 0 Å². The van der Waals surface area contributed by atoms with Gasteiger partial charge in [0.25, 0.3) is 0 Å². The van der Waals surface area contributed by atoms with E-state index < -0.39 is 0 Å². The van der Waals surface area contributed by atoms with Crippen LogP contribution >= 0.6 is 45.7 Å². The summed E-state index contributed by atoms with van der Waals surface area (Å²) < 4.78 is 3.63. The van der Waals surface area contributed by atoms with E-state index in [4.69, 9.17) is 0 Å². The molecule has 0 saturated heterocycles. The largest absolute Gasteiger partial charge is 0.229 e. The summed E-state index contributed by atoms with van der Waals surface area (Å²) in [7, 11) is 0. The molecule has 0 atom stereocenters. The maximum absolute atomic E-state index is 4.63. The van der Waals surface area contributed by atoms with Crippen LogP contribution in [0.4, 0.5) is 0 Å². The third kappa shape index (κ3) is 2.48. The van der Waals surface area contributed by atoms with Crippen molar-refractivity contribution in [2.75, 3.05) is 0 Å². The molecule has 2 aromatic carbocycles. The molecule has 0 saturated carbocycles. The molecular formula is C13H8INS2. The van der Waals surface area contributed by atoms with Gasteiger partial charge in [-0.15, -0.1) is 11.3 Å². The summed E-state index contributed by atoms with van der Waals surface area (Å²) in [5.74, 6) is 0. The van der Waals surface area contributed by atoms with E-state index in [0.717, 1.165) is 9.86 Å². The maximum atomic E-state index is 4.63. The predicted octanol–water partition coefficient (Wildman–Crippen LogP) is 5.05. The topological polar surface area (TPSA) is 12.9 Å². The monoisotopic (exact) mass is 369 g/mol. The second-order valence-electron chi connectivity index (χ2n) is 3.48. The zero-order chi connectivity index (χ0) is 11.7. The van der Waals surface area contributed by atoms with Crippen LogP contribution in [0, 0.1) is 3.57 Å². The molecule has 0 aliphatic carbocycles. The third-order valence-electron chi connectivity index (χ3n) is 2.31. The highest BCUT2D eigenvalue weighted by molar-refractivity contribution is 14.1. The Bertz CT molecular complexity index is 630. The Kier molecular flexibility index (Phi) is 3.35. The molecular weight excluding hydrogens is 361 g/mol. The fraction of sp³-hybridized carbons (Fsp3) is 0. The lowest BCUT2D eigenvalue weighted by atomic mass is 10.3. The lowest BCUT2D eigenvalue weighted by Gasteiger charge is -1.99. The van der Waals surface area contributed by atoms with Gasteiger partial charge in [0.05, 0.1) is 10.2 Å². The molecule has 0 spiro atoms. The molecule has 0 aliphatic rings. The van der Waals surface area contributed by atoms with Gasteiger partial charge in [0, 0.05) is 8.47 Å². The Balaban J connectivity index is 1.98. The second-order valence-corrected chi connectivity index (χ2v) is 6.96. The SMILES string of the molecule is Ic1ccccc1Sc1nc2ccccc2s1. The van der Waals surface area contributed by atoms with Crippen LogP contribution in [-0.4, -0.2) is 4.98 Å². The molecule has 3 rings (SSSR count). The Hall–Kier alpha value is -0.590. The lowest BCUT2D eigenvalue weighted by Crippen LogP contribution is -1.76. The van der Waals surface area contributed by atoms with Crippen molar-refractivity contribution in [3.63, 3.8) is 0 Å². The van der Waals surface area contributed by atoms with Gasteiger partial charge in [-0.05, 0) is 46.9 Å². The van der Waals surface area contributed by atoms with E-state index in [2.05, 4.69) is 70.0 Å². The fourth-order valence-corrected chi connectivity index (χ4v) is 4.28. The summed E-state index contributed by atoms with van der Waals surface area (Å²) in [6, 6.07) is 16.7. The van der Waals surface area contributed by atoms with Crippen LogP contribution in [0.1, 0.15) is 0 Å². The molecule has 0 aliphatic heterocycles. The first kappa shape index (κ1) is 11.5. The molecule has 4 heteroatoms. The second kappa shape index (κ2) is 4.96. The van der Waals surface area contributed by atoms with Crippen LogP contribution < -0.4 is 0 Å². The summed E-state index contributed by atoms with van der Waals surface area (Å²) >= 11 is 5.85. The quantitative estimate of drug-likeness (QED) is 0.586. The Labute approximate surface area is 121 Å². The average molecular weight is 369 g/mol. The smallest absolute Gasteiger partial charge is 0.155 e. The van der Waals surface area contributed by atoms with E-state index in [1.54, 1.807) is 23.1 Å². The van der Waals surface area contributed by atoms with E-state index in [0.29, 0.717) is 0 Å². The van der Waals surface area contributed by atoms with Gasteiger partial charge in [-0.3, -0.25) is 0 Å². The minimum atomic E-state index is 1.09. The van der Waals surface area contributed by atoms with E-state index in [9.17, 15) is 0 Å². The molecule has 0 unspecified atom stereocenters. The molecule has 3 aromatic rings. The van der Waals surface area contributed by atoms with Crippen molar-refractivity contribution in [2.24, 2.45) is 0 Å². The number of hydrogen-bond donors (Lipinski definition) is 0. The van der Waals surface area contributed by atoms with Gasteiger partial charge in [-0.25, -0.2) is 4.98 Å². The lowest BCUT2D eigenvalue weighted by molar-refractivity contribution is 1.29. The number of aromatic nitrogens is 1. The van der Waals surface area contributed by atoms with E-state index in [1.807, 2.05) is 6.07 Å². The van der Waals surface area contributed by atoms with Gasteiger partial charge in [-0.2, -0.15) is 0 Å². The highest BCUT2D eigenvalue weighted by Crippen LogP contribution is 2.36. The molecule has 84 valence electrons. The van der Waals surface area contributed by atoms with Crippen molar-refractivity contribution < 1.29 is 0 Å². The molecule has 0 fully saturated rings. The number of para-hydroxylation sites is 1. The first-order chi connectivity index (χ1) is 8.33. The van der Waals surface area contributed by atoms with Crippen molar-refractivity contribution in [1.82, 2.24) is 4.98 Å². The highest BCUT2D eigenvalue weighted by Gasteiger charge is 2.06. The maximum Gasteiger partial charge on any atom is 0.155 e. The van der Waals surface area contributed by atoms with Gasteiger partial charge in [-0.1, -0.05) is 36.0 Å². The number of thiazole rings is 1. The van der Waals surface area contributed by atoms with E-state index in [-0.39, 0.29) is 0 Å². The summed E-state index contributed by atoms with van der Waals surface area (Å²) in [5.41, 5.74) is 1.09. The standard InChI is InChI=1S/C13H8INS2/c14-9-5-1-3-7-11(9)16-13-15-10-6-2-4-8-12(10)17-13/h1-8H. The normalized spacial score (nSPS) is 10.9. The third-order valence-corrected chi connectivity index (χ3v) is 5.79. The number of rotatable bonds is 2. The Morgan fingerprint density at radius 3 is 2.59 bits per heavy atom. The fourth-order valence-electron chi connectivity index (χ4n) is 1.52. The molecule has 0 bridgehead atoms. The van der Waals surface area contributed by atoms with Crippen LogP contribution in [0.15, 0.2) is 57.8 Å². The number of halogens is 1. The van der Waals surface area contributed by atoms with Crippen LogP contribution in [0.2, 0.25) is 0 Å². The zero-order valence-corrected chi connectivity index (χ0v) is 12.6. The molecule has 17 heavy (non-hydrogen) atoms. The summed E-state index contributed by atoms with van der Waals surface area (Å²) in [4.78, 5) is 5.90. The van der Waals surface area contributed by atoms with Gasteiger partial charge in [0.1, 0.15) is 0 Å². The van der Waals surface area contributed by atoms with E-state index in [1.165, 1.54) is 13.2 Å². The number of fused-ring (bicyclic) bond motifs is 1. The molecule has 1 heterocycles. The van der Waals surface area contributed by atoms with Gasteiger partial charge < -0.3 is 0 Å². The molecule has 0 amide bonds. The summed E-state index contributed by atoms with van der Waals surface area (Å²) in [6.07, 6.45) is 0. The van der Waals surface area contributed by atoms with Crippen molar-refractivity contribution in [3.8, 4) is 0 Å². The van der Waals surface area contributed by atoms with Crippen molar-refractivity contribution in [3.05, 3.63) is 52.1 Å². The first-order valence-corrected chi connectivity index (χ1v) is 7.82. The molecule has 0 N–H and O–H groups in total. The number of hydrogen-bond acceptors (Lipinski definition) is 3. The van der Waals surface area contributed by atoms with Gasteiger partial charge >= 0.3 is 0 Å². The van der Waals surface area contributed by atoms with Crippen LogP contribution in [0.3, 0.4) is 0 Å². The molecule has 1 nitrogen and oxygen atoms in total. The zero-order valence-electron chi connectivity index (χ0n) is 8.76. The Morgan fingerprint density at radius 1 is 1.00 bits per heavy atom. The van der Waals surface area contributed by atoms with Gasteiger partial charge in [0.2, 0.25) is 0 Å². The van der Waals surface area contributed by atoms with Crippen LogP contribution in [0.5, 0.6) is 0 Å².